The molecule has 1 saturated heterocycles. The van der Waals surface area contributed by atoms with Crippen molar-refractivity contribution in [3.63, 3.8) is 0 Å². The van der Waals surface area contributed by atoms with Crippen molar-refractivity contribution in [2.45, 2.75) is 19.4 Å². The van der Waals surface area contributed by atoms with Crippen LogP contribution < -0.4 is 10.1 Å². The second kappa shape index (κ2) is 9.56. The summed E-state index contributed by atoms with van der Waals surface area (Å²) in [5, 5.41) is 7.35. The van der Waals surface area contributed by atoms with Gasteiger partial charge in [-0.25, -0.2) is 0 Å². The van der Waals surface area contributed by atoms with Crippen LogP contribution in [0, 0.1) is 5.92 Å². The Kier molecular flexibility index (Phi) is 6.17. The van der Waals surface area contributed by atoms with Crippen molar-refractivity contribution < 1.29 is 14.3 Å². The number of hydrogen-bond acceptors (Lipinski definition) is 3. The Morgan fingerprint density at radius 2 is 1.50 bits per heavy atom. The molecule has 34 heavy (non-hydrogen) atoms. The van der Waals surface area contributed by atoms with Crippen LogP contribution in [-0.4, -0.2) is 36.9 Å². The van der Waals surface area contributed by atoms with E-state index in [0.717, 1.165) is 38.4 Å². The molecule has 0 unspecified atom stereocenters. The van der Waals surface area contributed by atoms with Crippen LogP contribution in [0.3, 0.4) is 0 Å². The van der Waals surface area contributed by atoms with E-state index in [1.165, 1.54) is 0 Å². The molecular weight excluding hydrogens is 424 g/mol. The number of nitrogens with zero attached hydrogens (tertiary/aromatic N) is 1. The second-order valence-corrected chi connectivity index (χ2v) is 8.78. The first kappa shape index (κ1) is 22.0. The van der Waals surface area contributed by atoms with Crippen LogP contribution in [0.25, 0.3) is 21.5 Å². The Morgan fingerprint density at radius 1 is 0.853 bits per heavy atom. The summed E-state index contributed by atoms with van der Waals surface area (Å²) in [4.78, 5) is 28.1. The second-order valence-electron chi connectivity index (χ2n) is 8.78. The van der Waals surface area contributed by atoms with E-state index in [2.05, 4.69) is 17.4 Å². The Hall–Kier alpha value is -3.86. The van der Waals surface area contributed by atoms with E-state index in [9.17, 15) is 9.59 Å². The van der Waals surface area contributed by atoms with Gasteiger partial charge in [0.05, 0.1) is 7.11 Å². The number of carbonyl (C=O) groups is 2. The fraction of sp³-hybridized carbons (Fsp3) is 0.241. The molecular formula is C29H28N2O3. The van der Waals surface area contributed by atoms with Gasteiger partial charge in [-0.05, 0) is 46.5 Å². The summed E-state index contributed by atoms with van der Waals surface area (Å²) in [5.41, 5.74) is 1.71. The zero-order valence-corrected chi connectivity index (χ0v) is 19.3. The number of methoxy groups -OCH3 is 1. The van der Waals surface area contributed by atoms with Crippen LogP contribution in [0.2, 0.25) is 0 Å². The number of benzene rings is 4. The third-order valence-electron chi connectivity index (χ3n) is 6.83. The number of piperidine rings is 1. The van der Waals surface area contributed by atoms with E-state index >= 15 is 0 Å². The summed E-state index contributed by atoms with van der Waals surface area (Å²) in [6.45, 7) is 1.58. The van der Waals surface area contributed by atoms with Crippen molar-refractivity contribution in [3.05, 3.63) is 90.0 Å². The first-order valence-corrected chi connectivity index (χ1v) is 11.7. The lowest BCUT2D eigenvalue weighted by Gasteiger charge is -2.31. The molecule has 0 bridgehead atoms. The molecule has 0 saturated carbocycles. The molecule has 1 N–H and O–H groups in total. The van der Waals surface area contributed by atoms with Crippen molar-refractivity contribution in [1.29, 1.82) is 0 Å². The van der Waals surface area contributed by atoms with Gasteiger partial charge in [0, 0.05) is 36.7 Å². The van der Waals surface area contributed by atoms with Gasteiger partial charge in [0.25, 0.3) is 5.91 Å². The van der Waals surface area contributed by atoms with E-state index in [1.54, 1.807) is 7.11 Å². The Balaban J connectivity index is 1.23. The predicted molar refractivity (Wildman–Crippen MR) is 135 cm³/mol. The summed E-state index contributed by atoms with van der Waals surface area (Å²) in [6.07, 6.45) is 1.32. The summed E-state index contributed by atoms with van der Waals surface area (Å²) >= 11 is 0. The van der Waals surface area contributed by atoms with Gasteiger partial charge in [-0.1, -0.05) is 66.7 Å². The Labute approximate surface area is 199 Å². The molecule has 0 aromatic heterocycles. The highest BCUT2D eigenvalue weighted by molar-refractivity contribution is 6.07. The molecule has 4 aromatic carbocycles. The van der Waals surface area contributed by atoms with Crippen LogP contribution in [-0.2, 0) is 11.3 Å². The van der Waals surface area contributed by atoms with Gasteiger partial charge in [-0.2, -0.15) is 0 Å². The minimum Gasteiger partial charge on any atom is -0.496 e. The lowest BCUT2D eigenvalue weighted by Crippen LogP contribution is -2.43. The van der Waals surface area contributed by atoms with Gasteiger partial charge in [-0.3, -0.25) is 9.59 Å². The lowest BCUT2D eigenvalue weighted by molar-refractivity contribution is -0.126. The molecule has 1 aliphatic rings. The van der Waals surface area contributed by atoms with Crippen molar-refractivity contribution in [1.82, 2.24) is 10.2 Å². The monoisotopic (exact) mass is 452 g/mol. The number of ether oxygens (including phenoxy) is 1. The number of hydrogen-bond donors (Lipinski definition) is 1. The smallest absolute Gasteiger partial charge is 0.254 e. The maximum Gasteiger partial charge on any atom is 0.254 e. The molecule has 4 aromatic rings. The molecule has 5 rings (SSSR count). The number of nitrogens with one attached hydrogen (secondary N) is 1. The fourth-order valence-electron chi connectivity index (χ4n) is 4.94. The summed E-state index contributed by atoms with van der Waals surface area (Å²) in [6, 6.07) is 25.9. The zero-order valence-electron chi connectivity index (χ0n) is 19.3. The largest absolute Gasteiger partial charge is 0.496 e. The number of carbonyl (C=O) groups excluding carboxylic acids is 2. The summed E-state index contributed by atoms with van der Waals surface area (Å²) in [5.74, 6) is 0.746. The van der Waals surface area contributed by atoms with Crippen molar-refractivity contribution in [2.75, 3.05) is 20.2 Å². The minimum absolute atomic E-state index is 0.0345. The average molecular weight is 453 g/mol. The van der Waals surface area contributed by atoms with Gasteiger partial charge in [0.15, 0.2) is 0 Å². The molecule has 172 valence electrons. The predicted octanol–water partition coefficient (Wildman–Crippen LogP) is 5.17. The van der Waals surface area contributed by atoms with E-state index in [-0.39, 0.29) is 17.7 Å². The Morgan fingerprint density at radius 3 is 2.24 bits per heavy atom. The quantitative estimate of drug-likeness (QED) is 0.454. The van der Waals surface area contributed by atoms with Gasteiger partial charge >= 0.3 is 0 Å². The average Bonchev–Trinajstić information content (AvgIpc) is 2.90. The molecule has 1 fully saturated rings. The number of fused-ring (bicyclic) bond motifs is 2. The molecule has 5 nitrogen and oxygen atoms in total. The third kappa shape index (κ3) is 4.21. The minimum atomic E-state index is -0.0995. The van der Waals surface area contributed by atoms with Crippen LogP contribution in [0.5, 0.6) is 5.75 Å². The van der Waals surface area contributed by atoms with Crippen molar-refractivity contribution >= 4 is 33.4 Å². The summed E-state index contributed by atoms with van der Waals surface area (Å²) < 4.78 is 5.55. The van der Waals surface area contributed by atoms with Gasteiger partial charge in [-0.15, -0.1) is 0 Å². The molecule has 0 spiro atoms. The van der Waals surface area contributed by atoms with Crippen LogP contribution in [0.4, 0.5) is 0 Å². The molecule has 1 aliphatic heterocycles. The van der Waals surface area contributed by atoms with E-state index in [4.69, 9.17) is 4.74 Å². The topological polar surface area (TPSA) is 58.6 Å². The first-order valence-electron chi connectivity index (χ1n) is 11.7. The highest BCUT2D eigenvalue weighted by Gasteiger charge is 2.28. The van der Waals surface area contributed by atoms with E-state index < -0.39 is 0 Å². The molecule has 0 aliphatic carbocycles. The molecule has 0 radical (unpaired) electrons. The first-order chi connectivity index (χ1) is 16.7. The number of likely N-dealkylation sites (tertiary alicyclic amines) is 1. The molecule has 5 heteroatoms. The van der Waals surface area contributed by atoms with Gasteiger partial charge in [0.1, 0.15) is 5.75 Å². The SMILES string of the molecule is COc1ccc2ccccc2c1CNC(=O)C1CCN(C(=O)c2cccc3ccccc23)CC1. The maximum absolute atomic E-state index is 13.2. The summed E-state index contributed by atoms with van der Waals surface area (Å²) in [7, 11) is 1.65. The Bertz CT molecular complexity index is 1350. The van der Waals surface area contributed by atoms with Crippen LogP contribution in [0.15, 0.2) is 78.9 Å². The third-order valence-corrected chi connectivity index (χ3v) is 6.83. The highest BCUT2D eigenvalue weighted by atomic mass is 16.5. The molecule has 0 atom stereocenters. The molecule has 2 amide bonds. The van der Waals surface area contributed by atoms with Crippen LogP contribution in [0.1, 0.15) is 28.8 Å². The molecule has 1 heterocycles. The number of rotatable bonds is 5. The normalized spacial score (nSPS) is 14.3. The van der Waals surface area contributed by atoms with Crippen molar-refractivity contribution in [3.8, 4) is 5.75 Å². The fourth-order valence-corrected chi connectivity index (χ4v) is 4.94. The zero-order chi connectivity index (χ0) is 23.5. The lowest BCUT2D eigenvalue weighted by atomic mass is 9.94. The van der Waals surface area contributed by atoms with Gasteiger partial charge < -0.3 is 15.0 Å². The van der Waals surface area contributed by atoms with E-state index in [0.29, 0.717) is 32.5 Å². The van der Waals surface area contributed by atoms with Crippen molar-refractivity contribution in [2.24, 2.45) is 5.92 Å². The highest BCUT2D eigenvalue weighted by Crippen LogP contribution is 2.28. The number of amides is 2. The van der Waals surface area contributed by atoms with E-state index in [1.807, 2.05) is 71.6 Å². The van der Waals surface area contributed by atoms with Gasteiger partial charge in [0.2, 0.25) is 5.91 Å². The van der Waals surface area contributed by atoms with Crippen LogP contribution >= 0.6 is 0 Å². The maximum atomic E-state index is 13.2. The standard InChI is InChI=1S/C29H28N2O3/c1-34-27-14-13-21-8-3-5-11-24(21)26(27)19-30-28(32)22-15-17-31(18-16-22)29(33)25-12-6-9-20-7-2-4-10-23(20)25/h2-14,22H,15-19H2,1H3,(H,30,32).